The minimum Gasteiger partial charge on any atom is -0.339 e. The van der Waals surface area contributed by atoms with Crippen molar-refractivity contribution in [2.75, 3.05) is 13.1 Å². The molecule has 20 heavy (non-hydrogen) atoms. The highest BCUT2D eigenvalue weighted by Crippen LogP contribution is 2.60. The molecule has 1 aromatic rings. The highest BCUT2D eigenvalue weighted by Gasteiger charge is 2.53. The van der Waals surface area contributed by atoms with Crippen molar-refractivity contribution in [3.8, 4) is 0 Å². The van der Waals surface area contributed by atoms with Crippen molar-refractivity contribution < 1.29 is 4.52 Å². The van der Waals surface area contributed by atoms with Crippen molar-refractivity contribution >= 4 is 0 Å². The molecule has 6 rings (SSSR count). The van der Waals surface area contributed by atoms with Crippen LogP contribution in [-0.4, -0.2) is 23.2 Å². The van der Waals surface area contributed by atoms with Crippen molar-refractivity contribution in [2.24, 2.45) is 17.8 Å². The Kier molecular flexibility index (Phi) is 2.38. The van der Waals surface area contributed by atoms with Gasteiger partial charge in [0.05, 0.1) is 5.92 Å². The number of hydrogen-bond acceptors (Lipinski definition) is 4. The zero-order valence-electron chi connectivity index (χ0n) is 12.0. The minimum absolute atomic E-state index is 0.280. The Hall–Kier alpha value is -0.900. The summed E-state index contributed by atoms with van der Waals surface area (Å²) < 4.78 is 5.64. The summed E-state index contributed by atoms with van der Waals surface area (Å²) in [4.78, 5) is 4.86. The fourth-order valence-electron chi connectivity index (χ4n) is 5.87. The van der Waals surface area contributed by atoms with Gasteiger partial charge in [0.1, 0.15) is 0 Å². The molecule has 4 aliphatic carbocycles. The minimum atomic E-state index is 0.280. The van der Waals surface area contributed by atoms with Crippen LogP contribution in [0.25, 0.3) is 0 Å². The van der Waals surface area contributed by atoms with E-state index in [0.717, 1.165) is 49.0 Å². The van der Waals surface area contributed by atoms with Gasteiger partial charge in [-0.1, -0.05) is 5.16 Å². The molecule has 1 N–H and O–H groups in total. The van der Waals surface area contributed by atoms with E-state index in [0.29, 0.717) is 5.92 Å². The average molecular weight is 273 g/mol. The Bertz CT molecular complexity index is 482. The standard InChI is InChI=1S/C16H23N3O/c1-2-17-9-13(1)14-18-15(19-20-14)16-6-10-3-11(7-16)5-12(4-10)8-16/h10-13,17H,1-9H2/t10?,11?,12?,13-,16?/m0/s1. The second-order valence-electron chi connectivity index (χ2n) is 7.84. The van der Waals surface area contributed by atoms with Crippen LogP contribution in [0.15, 0.2) is 4.52 Å². The lowest BCUT2D eigenvalue weighted by Gasteiger charge is -2.55. The van der Waals surface area contributed by atoms with Crippen molar-refractivity contribution in [3.63, 3.8) is 0 Å². The number of rotatable bonds is 2. The van der Waals surface area contributed by atoms with Gasteiger partial charge in [-0.3, -0.25) is 0 Å². The van der Waals surface area contributed by atoms with Crippen LogP contribution in [0.3, 0.4) is 0 Å². The van der Waals surface area contributed by atoms with Crippen LogP contribution < -0.4 is 5.32 Å². The van der Waals surface area contributed by atoms with E-state index in [1.807, 2.05) is 0 Å². The van der Waals surface area contributed by atoms with Gasteiger partial charge in [0.2, 0.25) is 5.89 Å². The maximum absolute atomic E-state index is 5.64. The highest BCUT2D eigenvalue weighted by atomic mass is 16.5. The molecule has 4 nitrogen and oxygen atoms in total. The molecule has 4 bridgehead atoms. The lowest BCUT2D eigenvalue weighted by molar-refractivity contribution is -0.0103. The third-order valence-electron chi connectivity index (χ3n) is 6.36. The zero-order valence-corrected chi connectivity index (χ0v) is 12.0. The van der Waals surface area contributed by atoms with Crippen LogP contribution in [-0.2, 0) is 5.41 Å². The van der Waals surface area contributed by atoms with Crippen molar-refractivity contribution in [2.45, 2.75) is 56.3 Å². The van der Waals surface area contributed by atoms with Crippen molar-refractivity contribution in [1.29, 1.82) is 0 Å². The Morgan fingerprint density at radius 2 is 1.75 bits per heavy atom. The zero-order chi connectivity index (χ0) is 13.2. The number of hydrogen-bond donors (Lipinski definition) is 1. The summed E-state index contributed by atoms with van der Waals surface area (Å²) in [5.74, 6) is 5.22. The first-order chi connectivity index (χ1) is 9.81. The summed E-state index contributed by atoms with van der Waals surface area (Å²) in [5, 5.41) is 7.82. The Labute approximate surface area is 119 Å². The second-order valence-corrected chi connectivity index (χ2v) is 7.84. The summed E-state index contributed by atoms with van der Waals surface area (Å²) in [6, 6.07) is 0. The lowest BCUT2D eigenvalue weighted by Crippen LogP contribution is -2.49. The fourth-order valence-corrected chi connectivity index (χ4v) is 5.87. The van der Waals surface area contributed by atoms with Crippen LogP contribution in [0, 0.1) is 17.8 Å². The molecule has 1 atom stereocenters. The molecule has 4 saturated carbocycles. The van der Waals surface area contributed by atoms with E-state index in [-0.39, 0.29) is 5.41 Å². The van der Waals surface area contributed by atoms with Gasteiger partial charge in [-0.25, -0.2) is 0 Å². The molecule has 1 aliphatic heterocycles. The van der Waals surface area contributed by atoms with Crippen molar-refractivity contribution in [3.05, 3.63) is 11.7 Å². The molecule has 0 amide bonds. The van der Waals surface area contributed by atoms with Gasteiger partial charge in [0.15, 0.2) is 5.82 Å². The van der Waals surface area contributed by atoms with Crippen LogP contribution in [0.2, 0.25) is 0 Å². The smallest absolute Gasteiger partial charge is 0.231 e. The predicted molar refractivity (Wildman–Crippen MR) is 74.4 cm³/mol. The fraction of sp³-hybridized carbons (Fsp3) is 0.875. The van der Waals surface area contributed by atoms with Crippen LogP contribution >= 0.6 is 0 Å². The van der Waals surface area contributed by atoms with Crippen LogP contribution in [0.1, 0.15) is 62.6 Å². The first-order valence-corrected chi connectivity index (χ1v) is 8.35. The third-order valence-corrected chi connectivity index (χ3v) is 6.36. The number of aromatic nitrogens is 2. The van der Waals surface area contributed by atoms with Gasteiger partial charge < -0.3 is 9.84 Å². The van der Waals surface area contributed by atoms with Gasteiger partial charge >= 0.3 is 0 Å². The summed E-state index contributed by atoms with van der Waals surface area (Å²) in [7, 11) is 0. The second kappa shape index (κ2) is 4.06. The quantitative estimate of drug-likeness (QED) is 0.900. The van der Waals surface area contributed by atoms with E-state index < -0.39 is 0 Å². The van der Waals surface area contributed by atoms with E-state index in [1.54, 1.807) is 0 Å². The molecule has 1 aromatic heterocycles. The van der Waals surface area contributed by atoms with E-state index in [9.17, 15) is 0 Å². The maximum Gasteiger partial charge on any atom is 0.231 e. The number of nitrogens with one attached hydrogen (secondary N) is 1. The Morgan fingerprint density at radius 1 is 1.05 bits per heavy atom. The van der Waals surface area contributed by atoms with Gasteiger partial charge in [-0.05, 0) is 69.2 Å². The molecule has 108 valence electrons. The average Bonchev–Trinajstić information content (AvgIpc) is 3.09. The normalized spacial score (nSPS) is 46.2. The van der Waals surface area contributed by atoms with E-state index in [2.05, 4.69) is 10.5 Å². The maximum atomic E-state index is 5.64. The number of nitrogens with zero attached hydrogens (tertiary/aromatic N) is 2. The summed E-state index contributed by atoms with van der Waals surface area (Å²) in [5.41, 5.74) is 0.280. The van der Waals surface area contributed by atoms with E-state index in [4.69, 9.17) is 9.51 Å². The molecule has 5 aliphatic rings. The van der Waals surface area contributed by atoms with E-state index in [1.165, 1.54) is 38.5 Å². The third kappa shape index (κ3) is 1.63. The predicted octanol–water partition coefficient (Wildman–Crippen LogP) is 2.61. The molecule has 5 fully saturated rings. The molecule has 1 saturated heterocycles. The molecule has 0 aromatic carbocycles. The highest BCUT2D eigenvalue weighted by molar-refractivity contribution is 5.17. The van der Waals surface area contributed by atoms with Crippen LogP contribution in [0.5, 0.6) is 0 Å². The van der Waals surface area contributed by atoms with E-state index >= 15 is 0 Å². The van der Waals surface area contributed by atoms with Crippen LogP contribution in [0.4, 0.5) is 0 Å². The first kappa shape index (κ1) is 11.7. The molecule has 0 spiro atoms. The van der Waals surface area contributed by atoms with Crippen molar-refractivity contribution in [1.82, 2.24) is 15.5 Å². The lowest BCUT2D eigenvalue weighted by atomic mass is 9.49. The Morgan fingerprint density at radius 3 is 2.35 bits per heavy atom. The van der Waals surface area contributed by atoms with Gasteiger partial charge in [0.25, 0.3) is 0 Å². The monoisotopic (exact) mass is 273 g/mol. The Balaban J connectivity index is 1.47. The summed E-state index contributed by atoms with van der Waals surface area (Å²) in [6.07, 6.45) is 9.51. The molecule has 0 radical (unpaired) electrons. The molecular weight excluding hydrogens is 250 g/mol. The SMILES string of the molecule is C1C[C@H](c2nc(C34CC5CC(CC(C5)C3)C4)no2)CN1. The van der Waals surface area contributed by atoms with Gasteiger partial charge in [-0.15, -0.1) is 0 Å². The summed E-state index contributed by atoms with van der Waals surface area (Å²) in [6.45, 7) is 2.09. The topological polar surface area (TPSA) is 51.0 Å². The molecule has 0 unspecified atom stereocenters. The summed E-state index contributed by atoms with van der Waals surface area (Å²) >= 11 is 0. The molecule has 2 heterocycles. The van der Waals surface area contributed by atoms with Gasteiger partial charge in [-0.2, -0.15) is 4.98 Å². The van der Waals surface area contributed by atoms with Gasteiger partial charge in [0, 0.05) is 12.0 Å². The molecular formula is C16H23N3O. The first-order valence-electron chi connectivity index (χ1n) is 8.35. The largest absolute Gasteiger partial charge is 0.339 e. The molecule has 4 heteroatoms.